The van der Waals surface area contributed by atoms with Gasteiger partial charge in [0, 0.05) is 19.8 Å². The predicted molar refractivity (Wildman–Crippen MR) is 329 cm³/mol. The molecule has 3 rings (SSSR count). The quantitative estimate of drug-likeness (QED) is 0.0272. The maximum Gasteiger partial charge on any atom is 0.364 e. The summed E-state index contributed by atoms with van der Waals surface area (Å²) < 4.78 is 34.7. The second-order valence-corrected chi connectivity index (χ2v) is 24.7. The molecule has 0 spiro atoms. The Morgan fingerprint density at radius 3 is 1.59 bits per heavy atom. The summed E-state index contributed by atoms with van der Waals surface area (Å²) in [7, 11) is 0. The Kier molecular flexibility index (Phi) is 41.8. The third-order valence-electron chi connectivity index (χ3n) is 17.2. The van der Waals surface area contributed by atoms with Gasteiger partial charge in [-0.2, -0.15) is 0 Å². The van der Waals surface area contributed by atoms with Gasteiger partial charge in [-0.25, -0.2) is 4.79 Å². The van der Waals surface area contributed by atoms with Crippen molar-refractivity contribution in [3.63, 3.8) is 0 Å². The summed E-state index contributed by atoms with van der Waals surface area (Å²) >= 11 is 0. The molecule has 0 bridgehead atoms. The third kappa shape index (κ3) is 29.0. The largest absolute Gasteiger partial charge is 0.477 e. The van der Waals surface area contributed by atoms with Crippen LogP contribution in [0.2, 0.25) is 0 Å². The van der Waals surface area contributed by atoms with Crippen LogP contribution in [-0.4, -0.2) is 215 Å². The second kappa shape index (κ2) is 46.3. The van der Waals surface area contributed by atoms with Gasteiger partial charge in [-0.1, -0.05) is 192 Å². The highest BCUT2D eigenvalue weighted by Crippen LogP contribution is 2.39. The zero-order chi connectivity index (χ0) is 64.7. The van der Waals surface area contributed by atoms with Crippen LogP contribution >= 0.6 is 0 Å². The number of carboxylic acid groups (broad SMARTS) is 1. The molecule has 88 heavy (non-hydrogen) atoms. The van der Waals surface area contributed by atoms with E-state index in [1.54, 1.807) is 0 Å². The average molecular weight is 1260 g/mol. The molecule has 3 aliphatic rings. The van der Waals surface area contributed by atoms with Crippen LogP contribution in [0, 0.1) is 0 Å². The summed E-state index contributed by atoms with van der Waals surface area (Å²) in [5.41, 5.74) is 0. The molecule has 0 aromatic carbocycles. The van der Waals surface area contributed by atoms with E-state index in [9.17, 15) is 75.7 Å². The number of hydrogen-bond donors (Lipinski definition) is 14. The van der Waals surface area contributed by atoms with E-state index >= 15 is 0 Å². The number of aliphatic hydroxyl groups is 11. The maximum atomic E-state index is 13.4. The fraction of sp³-hybridized carbons (Fsp3) is 0.892. The smallest absolute Gasteiger partial charge is 0.364 e. The van der Waals surface area contributed by atoms with Crippen LogP contribution < -0.4 is 10.6 Å². The van der Waals surface area contributed by atoms with Crippen molar-refractivity contribution in [2.45, 2.75) is 342 Å². The van der Waals surface area contributed by atoms with Gasteiger partial charge in [0.05, 0.1) is 50.7 Å². The molecule has 3 heterocycles. The number of hydrogen-bond acceptors (Lipinski definition) is 20. The lowest BCUT2D eigenvalue weighted by atomic mass is 9.88. The molecule has 3 aliphatic heterocycles. The van der Waals surface area contributed by atoms with Crippen molar-refractivity contribution < 1.29 is 104 Å². The van der Waals surface area contributed by atoms with Crippen LogP contribution in [0.4, 0.5) is 0 Å². The first-order valence-electron chi connectivity index (χ1n) is 33.7. The van der Waals surface area contributed by atoms with Gasteiger partial charge in [0.1, 0.15) is 67.1 Å². The topological polar surface area (TPSA) is 373 Å². The Hall–Kier alpha value is -2.79. The van der Waals surface area contributed by atoms with Crippen LogP contribution in [0.1, 0.15) is 233 Å². The first-order valence-corrected chi connectivity index (χ1v) is 33.7. The Bertz CT molecular complexity index is 1890. The molecule has 14 N–H and O–H groups in total. The minimum Gasteiger partial charge on any atom is -0.477 e. The first kappa shape index (κ1) is 79.4. The molecule has 3 saturated heterocycles. The molecule has 3 fully saturated rings. The second-order valence-electron chi connectivity index (χ2n) is 24.7. The molecule has 514 valence electrons. The number of amides is 2. The van der Waals surface area contributed by atoms with Gasteiger partial charge in [-0.05, 0) is 44.9 Å². The summed E-state index contributed by atoms with van der Waals surface area (Å²) in [5, 5.41) is 136. The summed E-state index contributed by atoms with van der Waals surface area (Å²) in [6.07, 6.45) is 15.1. The van der Waals surface area contributed by atoms with Crippen molar-refractivity contribution in [2.24, 2.45) is 0 Å². The van der Waals surface area contributed by atoms with Crippen molar-refractivity contribution in [1.82, 2.24) is 10.6 Å². The number of nitrogens with one attached hydrogen (secondary N) is 2. The minimum atomic E-state index is -3.08. The van der Waals surface area contributed by atoms with E-state index in [0.29, 0.717) is 19.3 Å². The highest BCUT2D eigenvalue weighted by molar-refractivity contribution is 5.77. The van der Waals surface area contributed by atoms with Crippen LogP contribution in [0.3, 0.4) is 0 Å². The average Bonchev–Trinajstić information content (AvgIpc) is 1.14. The monoisotopic (exact) mass is 1260 g/mol. The van der Waals surface area contributed by atoms with Crippen LogP contribution in [0.25, 0.3) is 0 Å². The molecule has 23 nitrogen and oxygen atoms in total. The molecule has 2 amide bonds. The lowest BCUT2D eigenvalue weighted by Gasteiger charge is -2.50. The Morgan fingerprint density at radius 2 is 1.09 bits per heavy atom. The fourth-order valence-electron chi connectivity index (χ4n) is 11.7. The van der Waals surface area contributed by atoms with Crippen molar-refractivity contribution in [1.29, 1.82) is 0 Å². The van der Waals surface area contributed by atoms with E-state index in [-0.39, 0.29) is 18.9 Å². The highest BCUT2D eigenvalue weighted by Gasteiger charge is 2.60. The molecule has 0 aromatic heterocycles. The van der Waals surface area contributed by atoms with Crippen LogP contribution in [0.15, 0.2) is 24.3 Å². The van der Waals surface area contributed by atoms with E-state index in [2.05, 4.69) is 48.8 Å². The number of allylic oxidation sites excluding steroid dienone is 4. The van der Waals surface area contributed by atoms with Gasteiger partial charge in [0.25, 0.3) is 5.79 Å². The number of carbonyl (C=O) groups is 3. The molecular formula is C65H118N2O21. The zero-order valence-electron chi connectivity index (χ0n) is 53.3. The lowest BCUT2D eigenvalue weighted by Crippen LogP contribution is -2.70. The molecule has 0 aromatic rings. The Morgan fingerprint density at radius 1 is 0.591 bits per heavy atom. The van der Waals surface area contributed by atoms with E-state index in [4.69, 9.17) is 28.4 Å². The lowest BCUT2D eigenvalue weighted by molar-refractivity contribution is -0.386. The number of carboxylic acids is 1. The summed E-state index contributed by atoms with van der Waals surface area (Å²) in [5.74, 6) is -6.11. The number of rotatable bonds is 50. The number of unbranched alkanes of at least 4 members (excludes halogenated alkanes) is 26. The number of aliphatic carboxylic acids is 1. The van der Waals surface area contributed by atoms with E-state index < -0.39 is 148 Å². The molecule has 23 heteroatoms. The molecule has 18 atom stereocenters. The standard InChI is InChI=1S/C65H118N2O21/c1-4-6-8-10-12-14-15-16-17-18-19-20-21-22-23-24-25-26-27-28-29-31-33-35-37-39-52(75)67-46(47(72)38-36-34-32-30-13-11-9-7-5-2)44-83-62-57(79)56(78)59(51(43-70)85-62)86-63-58(80)61(55(77)50(42-69)84-63)88-65(64(81)82)40-48(73)53(66-45(3)71)60(87-65)54(76)49(74)41-68/h19-20,22-23,46-51,53-63,68-70,72-74,76-80H,4-18,21,24-44H2,1-3H3,(H,66,71)(H,67,75)(H,81,82)/b20-19-,23-22-. The van der Waals surface area contributed by atoms with E-state index in [1.165, 1.54) is 116 Å². The molecule has 0 radical (unpaired) electrons. The van der Waals surface area contributed by atoms with Crippen molar-refractivity contribution in [2.75, 3.05) is 26.4 Å². The maximum absolute atomic E-state index is 13.4. The van der Waals surface area contributed by atoms with Crippen molar-refractivity contribution >= 4 is 17.8 Å². The van der Waals surface area contributed by atoms with Gasteiger partial charge in [-0.15, -0.1) is 0 Å². The Balaban J connectivity index is 1.54. The van der Waals surface area contributed by atoms with Gasteiger partial charge in [-0.3, -0.25) is 9.59 Å². The molecule has 18 unspecified atom stereocenters. The third-order valence-corrected chi connectivity index (χ3v) is 17.2. The molecular weight excluding hydrogens is 1140 g/mol. The number of ether oxygens (including phenoxy) is 6. The van der Waals surface area contributed by atoms with Crippen LogP contribution in [-0.2, 0) is 42.8 Å². The van der Waals surface area contributed by atoms with Gasteiger partial charge < -0.3 is 100 Å². The SMILES string of the molecule is CCCCCCCCCCC/C=C\C/C=C\CCCCCCCCCCCC(=O)NC(COC1OC(CO)C(OC2OC(CO)C(O)C(OC3(C(=O)O)CC(O)C(NC(C)=O)C(C(O)C(O)CO)O3)C2O)C(O)C1O)C(O)CCCCCCCCCCC. The first-order chi connectivity index (χ1) is 42.4. The van der Waals surface area contributed by atoms with Crippen LogP contribution in [0.5, 0.6) is 0 Å². The van der Waals surface area contributed by atoms with Gasteiger partial charge in [0.15, 0.2) is 12.6 Å². The summed E-state index contributed by atoms with van der Waals surface area (Å²) in [6.45, 7) is 2.15. The van der Waals surface area contributed by atoms with Crippen molar-refractivity contribution in [3.8, 4) is 0 Å². The zero-order valence-corrected chi connectivity index (χ0v) is 53.3. The normalized spacial score (nSPS) is 29.1. The fourth-order valence-corrected chi connectivity index (χ4v) is 11.7. The summed E-state index contributed by atoms with van der Waals surface area (Å²) in [4.78, 5) is 38.4. The molecule has 0 saturated carbocycles. The number of aliphatic hydroxyl groups excluding tert-OH is 11. The van der Waals surface area contributed by atoms with E-state index in [0.717, 1.165) is 71.1 Å². The number of carbonyl (C=O) groups excluding carboxylic acids is 2. The predicted octanol–water partition coefficient (Wildman–Crippen LogP) is 5.28. The van der Waals surface area contributed by atoms with E-state index in [1.807, 2.05) is 0 Å². The highest BCUT2D eigenvalue weighted by atomic mass is 16.8. The van der Waals surface area contributed by atoms with Gasteiger partial charge in [0.2, 0.25) is 11.8 Å². The van der Waals surface area contributed by atoms with Crippen molar-refractivity contribution in [3.05, 3.63) is 24.3 Å². The molecule has 0 aliphatic carbocycles. The van der Waals surface area contributed by atoms with Gasteiger partial charge >= 0.3 is 5.97 Å². The minimum absolute atomic E-state index is 0.218. The Labute approximate surface area is 523 Å². The summed E-state index contributed by atoms with van der Waals surface area (Å²) in [6, 6.07) is -2.53.